The molecule has 1 aromatic rings. The van der Waals surface area contributed by atoms with Crippen molar-refractivity contribution in [1.82, 2.24) is 9.88 Å². The lowest BCUT2D eigenvalue weighted by Gasteiger charge is -2.17. The lowest BCUT2D eigenvalue weighted by Crippen LogP contribution is -2.31. The number of pyridine rings is 1. The molecule has 1 rings (SSSR count). The zero-order valence-corrected chi connectivity index (χ0v) is 8.33. The molecule has 0 saturated heterocycles. The molecule has 0 unspecified atom stereocenters. The highest BCUT2D eigenvalue weighted by Crippen LogP contribution is 2.06. The number of aromatic nitrogens is 1. The van der Waals surface area contributed by atoms with E-state index in [1.165, 1.54) is 23.2 Å². The Morgan fingerprint density at radius 2 is 2.14 bits per heavy atom. The third-order valence-electron chi connectivity index (χ3n) is 2.01. The van der Waals surface area contributed by atoms with Crippen LogP contribution in [-0.4, -0.2) is 28.9 Å². The number of hydrogen-bond donors (Lipinski definition) is 0. The molecule has 0 bridgehead atoms. The maximum absolute atomic E-state index is 13.2. The molecule has 1 amide bonds. The number of nitrogens with zero attached hydrogens (tertiary/aromatic N) is 2. The van der Waals surface area contributed by atoms with Gasteiger partial charge in [-0.05, 0) is 26.0 Å². The molecular weight excluding hydrogens is 183 g/mol. The van der Waals surface area contributed by atoms with Gasteiger partial charge in [0.1, 0.15) is 0 Å². The highest BCUT2D eigenvalue weighted by atomic mass is 19.1. The zero-order chi connectivity index (χ0) is 10.6. The fourth-order valence-electron chi connectivity index (χ4n) is 1.20. The van der Waals surface area contributed by atoms with E-state index in [0.29, 0.717) is 13.1 Å². The van der Waals surface area contributed by atoms with Gasteiger partial charge in [-0.15, -0.1) is 0 Å². The van der Waals surface area contributed by atoms with Crippen LogP contribution in [0.15, 0.2) is 18.3 Å². The molecule has 3 nitrogen and oxygen atoms in total. The molecule has 1 heterocycles. The Bertz CT molecular complexity index is 324. The van der Waals surface area contributed by atoms with Crippen molar-refractivity contribution in [2.75, 3.05) is 13.1 Å². The van der Waals surface area contributed by atoms with Crippen molar-refractivity contribution in [2.24, 2.45) is 0 Å². The summed E-state index contributed by atoms with van der Waals surface area (Å²) in [5.41, 5.74) is -0.101. The number of hydrogen-bond acceptors (Lipinski definition) is 2. The van der Waals surface area contributed by atoms with E-state index in [4.69, 9.17) is 0 Å². The fourth-order valence-corrected chi connectivity index (χ4v) is 1.20. The lowest BCUT2D eigenvalue weighted by molar-refractivity contribution is 0.0762. The third kappa shape index (κ3) is 2.07. The molecule has 0 aromatic carbocycles. The normalized spacial score (nSPS) is 9.93. The van der Waals surface area contributed by atoms with Gasteiger partial charge in [-0.3, -0.25) is 4.79 Å². The molecule has 0 radical (unpaired) electrons. The van der Waals surface area contributed by atoms with Crippen molar-refractivity contribution >= 4 is 5.91 Å². The van der Waals surface area contributed by atoms with Gasteiger partial charge in [0.25, 0.3) is 5.91 Å². The van der Waals surface area contributed by atoms with Crippen LogP contribution in [0.2, 0.25) is 0 Å². The van der Waals surface area contributed by atoms with Gasteiger partial charge in [-0.25, -0.2) is 9.37 Å². The molecule has 0 N–H and O–H groups in total. The summed E-state index contributed by atoms with van der Waals surface area (Å²) in [6, 6.07) is 2.71. The second kappa shape index (κ2) is 4.69. The summed E-state index contributed by atoms with van der Waals surface area (Å²) >= 11 is 0. The molecule has 14 heavy (non-hydrogen) atoms. The molecule has 0 aliphatic carbocycles. The average molecular weight is 196 g/mol. The van der Waals surface area contributed by atoms with E-state index in [9.17, 15) is 9.18 Å². The minimum atomic E-state index is -0.565. The predicted molar refractivity (Wildman–Crippen MR) is 51.4 cm³/mol. The predicted octanol–water partition coefficient (Wildman–Crippen LogP) is 1.70. The van der Waals surface area contributed by atoms with Crippen LogP contribution in [0.3, 0.4) is 0 Å². The first-order valence-corrected chi connectivity index (χ1v) is 4.60. The van der Waals surface area contributed by atoms with Gasteiger partial charge in [0.05, 0.1) is 0 Å². The number of carbonyl (C=O) groups is 1. The van der Waals surface area contributed by atoms with Crippen LogP contribution in [0.1, 0.15) is 24.3 Å². The molecule has 0 saturated carbocycles. The smallest absolute Gasteiger partial charge is 0.275 e. The number of amides is 1. The molecule has 0 fully saturated rings. The Hall–Kier alpha value is -1.45. The van der Waals surface area contributed by atoms with Crippen LogP contribution < -0.4 is 0 Å². The quantitative estimate of drug-likeness (QED) is 0.737. The van der Waals surface area contributed by atoms with Gasteiger partial charge in [0.2, 0.25) is 0 Å². The monoisotopic (exact) mass is 196 g/mol. The van der Waals surface area contributed by atoms with E-state index in [2.05, 4.69) is 4.98 Å². The highest BCUT2D eigenvalue weighted by molar-refractivity contribution is 5.92. The van der Waals surface area contributed by atoms with E-state index in [0.717, 1.165) is 0 Å². The van der Waals surface area contributed by atoms with Crippen molar-refractivity contribution < 1.29 is 9.18 Å². The van der Waals surface area contributed by atoms with E-state index < -0.39 is 5.82 Å². The molecular formula is C10H13FN2O. The Kier molecular flexibility index (Phi) is 3.56. The number of halogens is 1. The van der Waals surface area contributed by atoms with Crippen molar-refractivity contribution in [3.05, 3.63) is 29.8 Å². The summed E-state index contributed by atoms with van der Waals surface area (Å²) in [4.78, 5) is 16.9. The van der Waals surface area contributed by atoms with Crippen molar-refractivity contribution in [3.63, 3.8) is 0 Å². The second-order valence-electron chi connectivity index (χ2n) is 2.81. The summed E-state index contributed by atoms with van der Waals surface area (Å²) < 4.78 is 13.2. The minimum Gasteiger partial charge on any atom is -0.338 e. The van der Waals surface area contributed by atoms with Crippen molar-refractivity contribution in [2.45, 2.75) is 13.8 Å². The first kappa shape index (κ1) is 10.6. The SMILES string of the molecule is CCN(CC)C(=O)c1ncccc1F. The minimum absolute atomic E-state index is 0.101. The summed E-state index contributed by atoms with van der Waals surface area (Å²) in [5, 5.41) is 0. The van der Waals surface area contributed by atoms with Crippen LogP contribution in [0.25, 0.3) is 0 Å². The van der Waals surface area contributed by atoms with E-state index in [1.807, 2.05) is 13.8 Å². The molecule has 0 aliphatic rings. The Morgan fingerprint density at radius 1 is 1.50 bits per heavy atom. The van der Waals surface area contributed by atoms with Crippen molar-refractivity contribution in [1.29, 1.82) is 0 Å². The largest absolute Gasteiger partial charge is 0.338 e. The molecule has 0 aliphatic heterocycles. The van der Waals surface area contributed by atoms with Gasteiger partial charge in [-0.2, -0.15) is 0 Å². The van der Waals surface area contributed by atoms with Gasteiger partial charge in [0.15, 0.2) is 11.5 Å². The lowest BCUT2D eigenvalue weighted by atomic mass is 10.3. The number of rotatable bonds is 3. The van der Waals surface area contributed by atoms with Crippen LogP contribution in [0.4, 0.5) is 4.39 Å². The van der Waals surface area contributed by atoms with Crippen LogP contribution in [-0.2, 0) is 0 Å². The Balaban J connectivity index is 2.94. The van der Waals surface area contributed by atoms with E-state index in [1.54, 1.807) is 0 Å². The molecule has 4 heteroatoms. The summed E-state index contributed by atoms with van der Waals surface area (Å²) in [6.45, 7) is 4.82. The van der Waals surface area contributed by atoms with E-state index >= 15 is 0 Å². The zero-order valence-electron chi connectivity index (χ0n) is 8.33. The van der Waals surface area contributed by atoms with Crippen LogP contribution >= 0.6 is 0 Å². The van der Waals surface area contributed by atoms with Crippen LogP contribution in [0, 0.1) is 5.82 Å². The molecule has 76 valence electrons. The average Bonchev–Trinajstić information content (AvgIpc) is 2.20. The third-order valence-corrected chi connectivity index (χ3v) is 2.01. The van der Waals surface area contributed by atoms with Gasteiger partial charge in [0, 0.05) is 19.3 Å². The van der Waals surface area contributed by atoms with Gasteiger partial charge >= 0.3 is 0 Å². The maximum Gasteiger partial charge on any atom is 0.275 e. The first-order valence-electron chi connectivity index (χ1n) is 4.60. The second-order valence-corrected chi connectivity index (χ2v) is 2.81. The molecule has 1 aromatic heterocycles. The molecule has 0 spiro atoms. The van der Waals surface area contributed by atoms with E-state index in [-0.39, 0.29) is 11.6 Å². The van der Waals surface area contributed by atoms with Crippen molar-refractivity contribution in [3.8, 4) is 0 Å². The van der Waals surface area contributed by atoms with Crippen LogP contribution in [0.5, 0.6) is 0 Å². The first-order chi connectivity index (χ1) is 6.70. The summed E-state index contributed by atoms with van der Waals surface area (Å²) in [5.74, 6) is -0.919. The van der Waals surface area contributed by atoms with Gasteiger partial charge < -0.3 is 4.90 Å². The summed E-state index contributed by atoms with van der Waals surface area (Å²) in [7, 11) is 0. The fraction of sp³-hybridized carbons (Fsp3) is 0.400. The summed E-state index contributed by atoms with van der Waals surface area (Å²) in [6.07, 6.45) is 1.42. The molecule has 0 atom stereocenters. The van der Waals surface area contributed by atoms with Gasteiger partial charge in [-0.1, -0.05) is 0 Å². The topological polar surface area (TPSA) is 33.2 Å². The standard InChI is InChI=1S/C10H13FN2O/c1-3-13(4-2)10(14)9-8(11)6-5-7-12-9/h5-7H,3-4H2,1-2H3. The highest BCUT2D eigenvalue weighted by Gasteiger charge is 2.17. The number of carbonyl (C=O) groups excluding carboxylic acids is 1. The maximum atomic E-state index is 13.2. The Labute approximate surface area is 82.6 Å². The Morgan fingerprint density at radius 3 is 2.64 bits per heavy atom.